The standard InChI is InChI=1S/C34H38N2O4/c1-21-31-28(27-12-8-7-9-22(27)20-29(31)32(37)39-21)17-15-25-14-13-23-19-26(16-18-30(23)35-25)40-34(2,3)33(38)36-24-10-5-4-6-11-24/h4-6,10-11,13-19,21-22,27-29,31H,7-9,12,20H2,1-3H3,(H,36,38)/b17-15+/t21-,22+,27-,28+,29-,31+/m1/s1. The number of anilines is 1. The summed E-state index contributed by atoms with van der Waals surface area (Å²) in [6, 6.07) is 19.2. The first kappa shape index (κ1) is 26.5. The highest BCUT2D eigenvalue weighted by atomic mass is 16.6. The van der Waals surface area contributed by atoms with Crippen molar-refractivity contribution in [2.24, 2.45) is 29.6 Å². The van der Waals surface area contributed by atoms with Gasteiger partial charge in [0.05, 0.1) is 17.1 Å². The Morgan fingerprint density at radius 1 is 1.07 bits per heavy atom. The molecule has 1 amide bonds. The van der Waals surface area contributed by atoms with Crippen LogP contribution in [0.2, 0.25) is 0 Å². The molecule has 2 saturated carbocycles. The molecular formula is C34H38N2O4. The van der Waals surface area contributed by atoms with Crippen LogP contribution in [0.4, 0.5) is 5.69 Å². The van der Waals surface area contributed by atoms with Gasteiger partial charge in [0.2, 0.25) is 0 Å². The van der Waals surface area contributed by atoms with Crippen molar-refractivity contribution in [2.45, 2.75) is 64.6 Å². The van der Waals surface area contributed by atoms with Crippen molar-refractivity contribution in [1.82, 2.24) is 4.98 Å². The number of cyclic esters (lactones) is 1. The number of carbonyl (C=O) groups is 2. The second kappa shape index (κ2) is 10.7. The Morgan fingerprint density at radius 2 is 1.88 bits per heavy atom. The number of ether oxygens (including phenoxy) is 2. The minimum atomic E-state index is -1.06. The molecule has 0 unspecified atom stereocenters. The van der Waals surface area contributed by atoms with Crippen LogP contribution in [0.25, 0.3) is 17.0 Å². The monoisotopic (exact) mass is 538 g/mol. The maximum absolute atomic E-state index is 12.9. The largest absolute Gasteiger partial charge is 0.478 e. The van der Waals surface area contributed by atoms with E-state index in [9.17, 15) is 9.59 Å². The van der Waals surface area contributed by atoms with Gasteiger partial charge in [-0.05, 0) is 93.8 Å². The molecule has 6 rings (SSSR count). The number of rotatable bonds is 6. The summed E-state index contributed by atoms with van der Waals surface area (Å²) in [4.78, 5) is 30.4. The Labute approximate surface area is 236 Å². The molecule has 3 aromatic rings. The van der Waals surface area contributed by atoms with Gasteiger partial charge < -0.3 is 14.8 Å². The number of para-hydroxylation sites is 1. The van der Waals surface area contributed by atoms with Gasteiger partial charge in [-0.3, -0.25) is 9.59 Å². The lowest BCUT2D eigenvalue weighted by atomic mass is 9.57. The maximum atomic E-state index is 12.9. The average Bonchev–Trinajstić information content (AvgIpc) is 3.23. The van der Waals surface area contributed by atoms with E-state index < -0.39 is 5.60 Å². The van der Waals surface area contributed by atoms with Gasteiger partial charge in [-0.2, -0.15) is 0 Å². The minimum Gasteiger partial charge on any atom is -0.478 e. The molecule has 2 aromatic carbocycles. The molecule has 3 aliphatic rings. The Hall–Kier alpha value is -3.67. The first-order valence-electron chi connectivity index (χ1n) is 14.6. The van der Waals surface area contributed by atoms with Crippen LogP contribution < -0.4 is 10.1 Å². The zero-order valence-corrected chi connectivity index (χ0v) is 23.5. The number of esters is 1. The second-order valence-corrected chi connectivity index (χ2v) is 12.2. The number of nitrogens with zero attached hydrogens (tertiary/aromatic N) is 1. The highest BCUT2D eigenvalue weighted by molar-refractivity contribution is 5.97. The quantitative estimate of drug-likeness (QED) is 0.340. The molecule has 6 nitrogen and oxygen atoms in total. The van der Waals surface area contributed by atoms with Gasteiger partial charge in [-0.15, -0.1) is 0 Å². The van der Waals surface area contributed by atoms with Gasteiger partial charge in [0, 0.05) is 17.0 Å². The van der Waals surface area contributed by atoms with Gasteiger partial charge in [0.15, 0.2) is 5.60 Å². The number of benzene rings is 2. The summed E-state index contributed by atoms with van der Waals surface area (Å²) in [7, 11) is 0. The van der Waals surface area contributed by atoms with E-state index in [0.29, 0.717) is 23.5 Å². The fourth-order valence-corrected chi connectivity index (χ4v) is 7.22. The fraction of sp³-hybridized carbons (Fsp3) is 0.441. The number of carbonyl (C=O) groups excluding carboxylic acids is 2. The zero-order valence-electron chi connectivity index (χ0n) is 23.5. The molecule has 0 bridgehead atoms. The van der Waals surface area contributed by atoms with Gasteiger partial charge in [0.1, 0.15) is 11.9 Å². The third-order valence-corrected chi connectivity index (χ3v) is 9.20. The van der Waals surface area contributed by atoms with Crippen LogP contribution in [-0.4, -0.2) is 28.6 Å². The third kappa shape index (κ3) is 5.24. The number of amides is 1. The van der Waals surface area contributed by atoms with Crippen molar-refractivity contribution < 1.29 is 19.1 Å². The highest BCUT2D eigenvalue weighted by Crippen LogP contribution is 2.53. The molecule has 2 aliphatic carbocycles. The molecule has 40 heavy (non-hydrogen) atoms. The van der Waals surface area contributed by atoms with Crippen LogP contribution in [0.3, 0.4) is 0 Å². The summed E-state index contributed by atoms with van der Waals surface area (Å²) in [6.07, 6.45) is 10.4. The molecule has 1 aromatic heterocycles. The molecule has 6 atom stereocenters. The summed E-state index contributed by atoms with van der Waals surface area (Å²) in [5.41, 5.74) is 1.44. The summed E-state index contributed by atoms with van der Waals surface area (Å²) >= 11 is 0. The highest BCUT2D eigenvalue weighted by Gasteiger charge is 2.53. The molecule has 0 spiro atoms. The molecule has 2 heterocycles. The topological polar surface area (TPSA) is 77.5 Å². The molecule has 1 N–H and O–H groups in total. The molecule has 1 saturated heterocycles. The Morgan fingerprint density at radius 3 is 2.70 bits per heavy atom. The van der Waals surface area contributed by atoms with E-state index in [1.54, 1.807) is 13.8 Å². The van der Waals surface area contributed by atoms with Gasteiger partial charge in [0.25, 0.3) is 5.91 Å². The van der Waals surface area contributed by atoms with E-state index in [2.05, 4.69) is 24.4 Å². The second-order valence-electron chi connectivity index (χ2n) is 12.2. The number of nitrogens with one attached hydrogen (secondary N) is 1. The number of allylic oxidation sites excluding steroid dienone is 1. The van der Waals surface area contributed by atoms with Crippen LogP contribution in [0.15, 0.2) is 66.7 Å². The summed E-state index contributed by atoms with van der Waals surface area (Å²) in [5, 5.41) is 3.86. The van der Waals surface area contributed by atoms with Crippen molar-refractivity contribution in [1.29, 1.82) is 0 Å². The summed E-state index contributed by atoms with van der Waals surface area (Å²) in [5.74, 6) is 2.26. The van der Waals surface area contributed by atoms with Crippen LogP contribution in [-0.2, 0) is 14.3 Å². The van der Waals surface area contributed by atoms with Crippen molar-refractivity contribution in [2.75, 3.05) is 5.32 Å². The summed E-state index contributed by atoms with van der Waals surface area (Å²) in [6.45, 7) is 5.59. The Bertz CT molecular complexity index is 1430. The van der Waals surface area contributed by atoms with Crippen LogP contribution in [0.5, 0.6) is 5.75 Å². The van der Waals surface area contributed by atoms with Crippen molar-refractivity contribution in [3.8, 4) is 5.75 Å². The smallest absolute Gasteiger partial charge is 0.309 e. The fourth-order valence-electron chi connectivity index (χ4n) is 7.22. The van der Waals surface area contributed by atoms with Gasteiger partial charge in [-0.1, -0.05) is 49.6 Å². The first-order chi connectivity index (χ1) is 19.3. The van der Waals surface area contributed by atoms with Crippen LogP contribution >= 0.6 is 0 Å². The van der Waals surface area contributed by atoms with E-state index in [1.165, 1.54) is 25.7 Å². The SMILES string of the molecule is C[C@H]1OC(=O)[C@@H]2C[C@@H]3CCCC[C@H]3[C@H](/C=C/c3ccc4cc(OC(C)(C)C(=O)Nc5ccccc5)ccc4n3)[C@H]12. The molecule has 1 aliphatic heterocycles. The van der Waals surface area contributed by atoms with Crippen LogP contribution in [0.1, 0.15) is 58.6 Å². The molecule has 208 valence electrons. The number of fused-ring (bicyclic) bond motifs is 3. The zero-order chi connectivity index (χ0) is 27.9. The number of hydrogen-bond donors (Lipinski definition) is 1. The van der Waals surface area contributed by atoms with Crippen molar-refractivity contribution in [3.63, 3.8) is 0 Å². The predicted molar refractivity (Wildman–Crippen MR) is 157 cm³/mol. The lowest BCUT2D eigenvalue weighted by molar-refractivity contribution is -0.144. The number of pyridine rings is 1. The van der Waals surface area contributed by atoms with E-state index in [1.807, 2.05) is 60.7 Å². The van der Waals surface area contributed by atoms with E-state index in [-0.39, 0.29) is 29.8 Å². The number of hydrogen-bond acceptors (Lipinski definition) is 5. The summed E-state index contributed by atoms with van der Waals surface area (Å²) < 4.78 is 11.8. The van der Waals surface area contributed by atoms with Crippen LogP contribution in [0, 0.1) is 29.6 Å². The van der Waals surface area contributed by atoms with Crippen molar-refractivity contribution in [3.05, 3.63) is 72.4 Å². The Balaban J connectivity index is 1.18. The minimum absolute atomic E-state index is 0.00232. The molecule has 3 fully saturated rings. The molecular weight excluding hydrogens is 500 g/mol. The molecule has 6 heteroatoms. The lowest BCUT2D eigenvalue weighted by Crippen LogP contribution is -2.42. The van der Waals surface area contributed by atoms with E-state index in [0.717, 1.165) is 28.7 Å². The lowest BCUT2D eigenvalue weighted by Gasteiger charge is -2.45. The van der Waals surface area contributed by atoms with Gasteiger partial charge in [-0.25, -0.2) is 4.98 Å². The number of aromatic nitrogens is 1. The van der Waals surface area contributed by atoms with E-state index >= 15 is 0 Å². The van der Waals surface area contributed by atoms with Gasteiger partial charge >= 0.3 is 5.97 Å². The van der Waals surface area contributed by atoms with Crippen molar-refractivity contribution >= 4 is 34.5 Å². The Kier molecular flexibility index (Phi) is 7.11. The van der Waals surface area contributed by atoms with E-state index in [4.69, 9.17) is 14.5 Å². The molecule has 0 radical (unpaired) electrons. The first-order valence-corrected chi connectivity index (χ1v) is 14.6. The maximum Gasteiger partial charge on any atom is 0.309 e. The third-order valence-electron chi connectivity index (χ3n) is 9.20. The normalized spacial score (nSPS) is 28.1. The average molecular weight is 539 g/mol. The predicted octanol–water partition coefficient (Wildman–Crippen LogP) is 7.05.